The van der Waals surface area contributed by atoms with Crippen molar-refractivity contribution in [1.82, 2.24) is 20.9 Å². The van der Waals surface area contributed by atoms with Crippen molar-refractivity contribution in [3.8, 4) is 0 Å². The minimum atomic E-state index is -1.01. The molecule has 2 aliphatic heterocycles. The molecule has 0 radical (unpaired) electrons. The zero-order chi connectivity index (χ0) is 29.8. The average molecular weight is 622 g/mol. The molecule has 3 N–H and O–H groups in total. The van der Waals surface area contributed by atoms with Gasteiger partial charge in [0.2, 0.25) is 17.7 Å². The van der Waals surface area contributed by atoms with Gasteiger partial charge in [-0.1, -0.05) is 70.4 Å². The Morgan fingerprint density at radius 3 is 2.73 bits per heavy atom. The molecule has 3 amide bonds. The first-order valence-electron chi connectivity index (χ1n) is 14.5. The molecule has 226 valence electrons. The molecule has 41 heavy (non-hydrogen) atoms. The van der Waals surface area contributed by atoms with E-state index in [1.54, 1.807) is 6.92 Å². The van der Waals surface area contributed by atoms with Crippen LogP contribution in [0.4, 0.5) is 0 Å². The molecule has 2 aliphatic rings. The van der Waals surface area contributed by atoms with Gasteiger partial charge in [0.05, 0.1) is 19.0 Å². The number of carbonyl (C=O) groups excluding carboxylic acids is 4. The van der Waals surface area contributed by atoms with E-state index in [1.807, 2.05) is 31.4 Å². The SMILES string of the molecule is CCCCCCCC(=O)SCC/C=C/[C@@H]1CC(=O)NCc2nc(cs2)C2=N[C@@](C)(CS2)C(=O)NC(C(C)C)C(=O)N1. The molecule has 3 heterocycles. The Balaban J connectivity index is 1.66. The van der Waals surface area contributed by atoms with E-state index in [4.69, 9.17) is 0 Å². The van der Waals surface area contributed by atoms with E-state index >= 15 is 0 Å². The number of hydrogen-bond donors (Lipinski definition) is 3. The second kappa shape index (κ2) is 16.5. The molecule has 12 heteroatoms. The van der Waals surface area contributed by atoms with Crippen LogP contribution in [-0.4, -0.2) is 62.0 Å². The molecule has 0 saturated heterocycles. The first-order valence-corrected chi connectivity index (χ1v) is 17.3. The maximum atomic E-state index is 13.4. The van der Waals surface area contributed by atoms with Gasteiger partial charge < -0.3 is 16.0 Å². The summed E-state index contributed by atoms with van der Waals surface area (Å²) in [5, 5.41) is 12.3. The fraction of sp³-hybridized carbons (Fsp3) is 0.655. The van der Waals surface area contributed by atoms with Crippen molar-refractivity contribution in [2.24, 2.45) is 10.9 Å². The largest absolute Gasteiger partial charge is 0.350 e. The van der Waals surface area contributed by atoms with E-state index < -0.39 is 17.6 Å². The quantitative estimate of drug-likeness (QED) is 0.243. The lowest BCUT2D eigenvalue weighted by Gasteiger charge is -2.27. The van der Waals surface area contributed by atoms with Crippen LogP contribution in [0, 0.1) is 5.92 Å². The smallest absolute Gasteiger partial charge is 0.249 e. The molecule has 0 saturated carbocycles. The molecule has 9 nitrogen and oxygen atoms in total. The minimum Gasteiger partial charge on any atom is -0.350 e. The monoisotopic (exact) mass is 621 g/mol. The number of carbonyl (C=O) groups is 4. The van der Waals surface area contributed by atoms with Crippen molar-refractivity contribution >= 4 is 62.7 Å². The van der Waals surface area contributed by atoms with Crippen LogP contribution in [0.5, 0.6) is 0 Å². The third kappa shape index (κ3) is 10.6. The number of fused-ring (bicyclic) bond motifs is 4. The second-order valence-electron chi connectivity index (χ2n) is 11.0. The van der Waals surface area contributed by atoms with Crippen molar-refractivity contribution < 1.29 is 19.2 Å². The van der Waals surface area contributed by atoms with Crippen molar-refractivity contribution in [2.45, 2.75) is 103 Å². The number of nitrogens with zero attached hydrogens (tertiary/aromatic N) is 2. The summed E-state index contributed by atoms with van der Waals surface area (Å²) in [5.41, 5.74) is -0.313. The maximum Gasteiger partial charge on any atom is 0.249 e. The van der Waals surface area contributed by atoms with E-state index in [1.165, 1.54) is 54.1 Å². The number of allylic oxidation sites excluding steroid dienone is 1. The van der Waals surface area contributed by atoms with Gasteiger partial charge in [-0.25, -0.2) is 4.98 Å². The zero-order valence-electron chi connectivity index (χ0n) is 24.5. The fourth-order valence-electron chi connectivity index (χ4n) is 4.40. The molecular weight excluding hydrogens is 579 g/mol. The summed E-state index contributed by atoms with van der Waals surface area (Å²) in [4.78, 5) is 61.0. The van der Waals surface area contributed by atoms with Crippen LogP contribution in [0.1, 0.15) is 89.8 Å². The number of hydrogen-bond acceptors (Lipinski definition) is 9. The number of thiazole rings is 1. The Morgan fingerprint density at radius 2 is 1.98 bits per heavy atom. The van der Waals surface area contributed by atoms with Gasteiger partial charge >= 0.3 is 0 Å². The van der Waals surface area contributed by atoms with Gasteiger partial charge in [0.1, 0.15) is 27.3 Å². The van der Waals surface area contributed by atoms with Crippen LogP contribution in [0.2, 0.25) is 0 Å². The summed E-state index contributed by atoms with van der Waals surface area (Å²) in [7, 11) is 0. The number of aromatic nitrogens is 1. The molecule has 0 aliphatic carbocycles. The molecule has 3 rings (SSSR count). The Hall–Kier alpha value is -2.18. The first-order chi connectivity index (χ1) is 19.6. The topological polar surface area (TPSA) is 130 Å². The molecule has 0 aromatic carbocycles. The molecule has 0 spiro atoms. The predicted molar refractivity (Wildman–Crippen MR) is 169 cm³/mol. The highest BCUT2D eigenvalue weighted by Gasteiger charge is 2.41. The summed E-state index contributed by atoms with van der Waals surface area (Å²) in [6, 6.07) is -1.35. The van der Waals surface area contributed by atoms with Gasteiger partial charge in [-0.2, -0.15) is 0 Å². The molecule has 3 atom stereocenters. The fourth-order valence-corrected chi connectivity index (χ4v) is 7.09. The molecular formula is C29H43N5O4S3. The van der Waals surface area contributed by atoms with E-state index in [9.17, 15) is 19.2 Å². The Bertz CT molecular complexity index is 1140. The summed E-state index contributed by atoms with van der Waals surface area (Å²) < 4.78 is 0. The first kappa shape index (κ1) is 33.3. The van der Waals surface area contributed by atoms with E-state index in [0.29, 0.717) is 35.1 Å². The van der Waals surface area contributed by atoms with Gasteiger partial charge in [-0.05, 0) is 25.7 Å². The summed E-state index contributed by atoms with van der Waals surface area (Å²) in [6.07, 6.45) is 10.6. The Kier molecular flexibility index (Phi) is 13.4. The van der Waals surface area contributed by atoms with Gasteiger partial charge in [0, 0.05) is 23.3 Å². The van der Waals surface area contributed by atoms with Gasteiger partial charge in [-0.3, -0.25) is 24.2 Å². The molecule has 1 aromatic rings. The van der Waals surface area contributed by atoms with Crippen molar-refractivity contribution in [2.75, 3.05) is 11.5 Å². The lowest BCUT2D eigenvalue weighted by molar-refractivity contribution is -0.132. The maximum absolute atomic E-state index is 13.4. The minimum absolute atomic E-state index is 0.0450. The predicted octanol–water partition coefficient (Wildman–Crippen LogP) is 4.61. The normalized spacial score (nSPS) is 23.8. The molecule has 1 unspecified atom stereocenters. The van der Waals surface area contributed by atoms with Crippen LogP contribution in [0.15, 0.2) is 22.5 Å². The molecule has 1 aromatic heterocycles. The van der Waals surface area contributed by atoms with Crippen LogP contribution in [0.3, 0.4) is 0 Å². The number of amides is 3. The number of aliphatic imine (C=N–C) groups is 1. The van der Waals surface area contributed by atoms with Crippen LogP contribution < -0.4 is 16.0 Å². The van der Waals surface area contributed by atoms with Crippen LogP contribution in [0.25, 0.3) is 0 Å². The van der Waals surface area contributed by atoms with Crippen molar-refractivity contribution in [3.63, 3.8) is 0 Å². The lowest BCUT2D eigenvalue weighted by Crippen LogP contribution is -2.56. The highest BCUT2D eigenvalue weighted by molar-refractivity contribution is 8.14. The van der Waals surface area contributed by atoms with Crippen LogP contribution in [-0.2, 0) is 25.7 Å². The zero-order valence-corrected chi connectivity index (χ0v) is 26.9. The third-order valence-corrected chi connectivity index (χ3v) is 10.00. The number of nitrogens with one attached hydrogen (secondary N) is 3. The molecule has 4 bridgehead atoms. The number of unbranched alkanes of at least 4 members (excludes halogenated alkanes) is 4. The standard InChI is InChI=1S/C29H43N5O4S3/c1-5-6-7-8-9-13-24(36)39-14-11-10-12-20-15-22(35)30-16-23-32-21(17-40-23)27-34-29(4,18-41-27)28(38)33-25(19(2)3)26(37)31-20/h10,12,17,19-20,25H,5-9,11,13-16,18H2,1-4H3,(H,30,35)(H,31,37)(H,33,38)/b12-10+/t20-,25?,29+/m1/s1. The van der Waals surface area contributed by atoms with Gasteiger partial charge in [0.15, 0.2) is 5.12 Å². The lowest BCUT2D eigenvalue weighted by atomic mass is 9.99. The second-order valence-corrected chi connectivity index (χ2v) is 14.1. The number of thioether (sulfide) groups is 2. The molecule has 0 fully saturated rings. The van der Waals surface area contributed by atoms with Crippen molar-refractivity contribution in [3.05, 3.63) is 28.2 Å². The highest BCUT2D eigenvalue weighted by Crippen LogP contribution is 2.32. The van der Waals surface area contributed by atoms with Crippen molar-refractivity contribution in [1.29, 1.82) is 0 Å². The van der Waals surface area contributed by atoms with Crippen LogP contribution >= 0.6 is 34.9 Å². The Labute approximate surface area is 256 Å². The van der Waals surface area contributed by atoms with E-state index in [0.717, 1.165) is 17.8 Å². The highest BCUT2D eigenvalue weighted by atomic mass is 32.2. The third-order valence-electron chi connectivity index (χ3n) is 6.90. The summed E-state index contributed by atoms with van der Waals surface area (Å²) in [6.45, 7) is 7.96. The number of rotatable bonds is 11. The van der Waals surface area contributed by atoms with E-state index in [2.05, 4.69) is 32.9 Å². The van der Waals surface area contributed by atoms with E-state index in [-0.39, 0.29) is 41.7 Å². The Morgan fingerprint density at radius 1 is 1.20 bits per heavy atom. The van der Waals surface area contributed by atoms with Gasteiger partial charge in [0.25, 0.3) is 0 Å². The summed E-state index contributed by atoms with van der Waals surface area (Å²) >= 11 is 4.23. The summed E-state index contributed by atoms with van der Waals surface area (Å²) in [5.74, 6) is 0.0389. The van der Waals surface area contributed by atoms with Gasteiger partial charge in [-0.15, -0.1) is 23.1 Å². The average Bonchev–Trinajstić information content (AvgIpc) is 3.56.